The van der Waals surface area contributed by atoms with Gasteiger partial charge in [-0.2, -0.15) is 5.10 Å². The van der Waals surface area contributed by atoms with E-state index < -0.39 is 0 Å². The number of thioether (sulfide) groups is 1. The first kappa shape index (κ1) is 20.9. The molecule has 0 fully saturated rings. The van der Waals surface area contributed by atoms with Gasteiger partial charge in [0.1, 0.15) is 18.2 Å². The zero-order chi connectivity index (χ0) is 20.5. The van der Waals surface area contributed by atoms with Crippen LogP contribution in [0.2, 0.25) is 5.02 Å². The monoisotopic (exact) mass is 428 g/mol. The van der Waals surface area contributed by atoms with E-state index in [0.29, 0.717) is 16.3 Å². The van der Waals surface area contributed by atoms with Gasteiger partial charge in [-0.15, -0.1) is 11.8 Å². The molecule has 0 saturated carbocycles. The normalized spacial score (nSPS) is 10.8. The molecule has 29 heavy (non-hydrogen) atoms. The third-order valence-corrected chi connectivity index (χ3v) is 5.08. The molecule has 0 heterocycles. The van der Waals surface area contributed by atoms with Crippen molar-refractivity contribution in [1.82, 2.24) is 5.43 Å². The summed E-state index contributed by atoms with van der Waals surface area (Å²) in [6, 6.07) is 20.9. The third-order valence-electron chi connectivity index (χ3n) is 3.82. The zero-order valence-corrected chi connectivity index (χ0v) is 16.9. The van der Waals surface area contributed by atoms with Gasteiger partial charge in [0.2, 0.25) is 5.91 Å². The van der Waals surface area contributed by atoms with Crippen LogP contribution in [0.1, 0.15) is 11.1 Å². The molecule has 0 saturated heterocycles. The summed E-state index contributed by atoms with van der Waals surface area (Å²) in [6.07, 6.45) is 1.55. The van der Waals surface area contributed by atoms with E-state index in [4.69, 9.17) is 16.3 Å². The minimum Gasteiger partial charge on any atom is -0.489 e. The number of carbonyl (C=O) groups is 1. The number of halogens is 2. The van der Waals surface area contributed by atoms with Crippen molar-refractivity contribution in [2.24, 2.45) is 5.10 Å². The predicted octanol–water partition coefficient (Wildman–Crippen LogP) is 5.30. The van der Waals surface area contributed by atoms with Crippen molar-refractivity contribution in [1.29, 1.82) is 0 Å². The lowest BCUT2D eigenvalue weighted by molar-refractivity contribution is -0.118. The van der Waals surface area contributed by atoms with E-state index in [1.54, 1.807) is 60.8 Å². The predicted molar refractivity (Wildman–Crippen MR) is 115 cm³/mol. The van der Waals surface area contributed by atoms with Crippen LogP contribution in [0.15, 0.2) is 82.8 Å². The molecular weight excluding hydrogens is 411 g/mol. The standard InChI is InChI=1S/C22H18ClFN2O2S/c23-18-7-11-20(12-8-18)29-15-22(27)26-25-13-16-5-9-19(10-6-16)28-14-17-3-1-2-4-21(17)24/h1-13H,14-15H2,(H,26,27)/b25-13-. The number of ether oxygens (including phenoxy) is 1. The van der Waals surface area contributed by atoms with Gasteiger partial charge in [0.05, 0.1) is 12.0 Å². The molecule has 0 aliphatic carbocycles. The fraction of sp³-hybridized carbons (Fsp3) is 0.0909. The summed E-state index contributed by atoms with van der Waals surface area (Å²) in [5.74, 6) is 0.378. The summed E-state index contributed by atoms with van der Waals surface area (Å²) in [7, 11) is 0. The molecule has 0 aromatic heterocycles. The molecule has 3 aromatic carbocycles. The maximum atomic E-state index is 13.6. The Bertz CT molecular complexity index is 979. The quantitative estimate of drug-likeness (QED) is 0.301. The van der Waals surface area contributed by atoms with E-state index in [9.17, 15) is 9.18 Å². The number of hydrogen-bond acceptors (Lipinski definition) is 4. The van der Waals surface area contributed by atoms with Crippen molar-refractivity contribution in [2.45, 2.75) is 11.5 Å². The van der Waals surface area contributed by atoms with E-state index >= 15 is 0 Å². The van der Waals surface area contributed by atoms with Crippen molar-refractivity contribution in [3.63, 3.8) is 0 Å². The molecule has 0 bridgehead atoms. The fourth-order valence-electron chi connectivity index (χ4n) is 2.32. The lowest BCUT2D eigenvalue weighted by Gasteiger charge is -2.07. The summed E-state index contributed by atoms with van der Waals surface area (Å²) < 4.78 is 19.2. The van der Waals surface area contributed by atoms with Crippen molar-refractivity contribution in [2.75, 3.05) is 5.75 Å². The molecule has 0 aliphatic rings. The lowest BCUT2D eigenvalue weighted by Crippen LogP contribution is -2.19. The number of carbonyl (C=O) groups excluding carboxylic acids is 1. The Morgan fingerprint density at radius 3 is 2.52 bits per heavy atom. The number of hydrazone groups is 1. The molecule has 3 rings (SSSR count). The van der Waals surface area contributed by atoms with Crippen LogP contribution in [0.5, 0.6) is 5.75 Å². The second kappa shape index (κ2) is 10.6. The third kappa shape index (κ3) is 6.93. The second-order valence-electron chi connectivity index (χ2n) is 5.98. The molecule has 1 N–H and O–H groups in total. The molecule has 1 amide bonds. The van der Waals surface area contributed by atoms with Gasteiger partial charge < -0.3 is 4.74 Å². The van der Waals surface area contributed by atoms with Gasteiger partial charge in [-0.1, -0.05) is 29.8 Å². The highest BCUT2D eigenvalue weighted by Crippen LogP contribution is 2.20. The van der Waals surface area contributed by atoms with E-state index in [1.807, 2.05) is 12.1 Å². The van der Waals surface area contributed by atoms with Crippen molar-refractivity contribution < 1.29 is 13.9 Å². The Balaban J connectivity index is 1.42. The molecule has 0 atom stereocenters. The van der Waals surface area contributed by atoms with Gasteiger partial charge in [-0.3, -0.25) is 4.79 Å². The van der Waals surface area contributed by atoms with Crippen LogP contribution < -0.4 is 10.2 Å². The summed E-state index contributed by atoms with van der Waals surface area (Å²) in [5, 5.41) is 4.61. The van der Waals surface area contributed by atoms with Crippen molar-refractivity contribution in [3.05, 3.63) is 94.8 Å². The topological polar surface area (TPSA) is 50.7 Å². The Labute approximate surface area is 177 Å². The van der Waals surface area contributed by atoms with Crippen LogP contribution in [0.4, 0.5) is 4.39 Å². The van der Waals surface area contributed by atoms with Gasteiger partial charge in [-0.05, 0) is 60.2 Å². The van der Waals surface area contributed by atoms with E-state index in [-0.39, 0.29) is 24.1 Å². The minimum absolute atomic E-state index is 0.154. The molecule has 148 valence electrons. The Hall–Kier alpha value is -2.83. The molecule has 0 unspecified atom stereocenters. The summed E-state index contributed by atoms with van der Waals surface area (Å²) in [5.41, 5.74) is 3.79. The highest BCUT2D eigenvalue weighted by atomic mass is 35.5. The molecule has 4 nitrogen and oxygen atoms in total. The number of hydrogen-bond donors (Lipinski definition) is 1. The van der Waals surface area contributed by atoms with Crippen LogP contribution >= 0.6 is 23.4 Å². The van der Waals surface area contributed by atoms with E-state index in [2.05, 4.69) is 10.5 Å². The van der Waals surface area contributed by atoms with Gasteiger partial charge in [-0.25, -0.2) is 9.82 Å². The van der Waals surface area contributed by atoms with Crippen LogP contribution in [0.25, 0.3) is 0 Å². The SMILES string of the molecule is O=C(CSc1ccc(Cl)cc1)N/N=C\c1ccc(OCc2ccccc2F)cc1. The Kier molecular flexibility index (Phi) is 7.67. The van der Waals surface area contributed by atoms with Gasteiger partial charge in [0.15, 0.2) is 0 Å². The number of benzene rings is 3. The first-order valence-electron chi connectivity index (χ1n) is 8.77. The van der Waals surface area contributed by atoms with Gasteiger partial charge >= 0.3 is 0 Å². The minimum atomic E-state index is -0.291. The van der Waals surface area contributed by atoms with Crippen LogP contribution in [-0.4, -0.2) is 17.9 Å². The first-order chi connectivity index (χ1) is 14.1. The molecular formula is C22H18ClFN2O2S. The summed E-state index contributed by atoms with van der Waals surface area (Å²) in [4.78, 5) is 12.8. The fourth-order valence-corrected chi connectivity index (χ4v) is 3.13. The van der Waals surface area contributed by atoms with Crippen LogP contribution in [0, 0.1) is 5.82 Å². The lowest BCUT2D eigenvalue weighted by atomic mass is 10.2. The number of nitrogens with zero attached hydrogens (tertiary/aromatic N) is 1. The summed E-state index contributed by atoms with van der Waals surface area (Å²) >= 11 is 7.23. The average molecular weight is 429 g/mol. The molecule has 0 spiro atoms. The van der Waals surface area contributed by atoms with Crippen LogP contribution in [-0.2, 0) is 11.4 Å². The molecule has 0 radical (unpaired) electrons. The second-order valence-corrected chi connectivity index (χ2v) is 7.47. The van der Waals surface area contributed by atoms with Crippen molar-refractivity contribution >= 4 is 35.5 Å². The highest BCUT2D eigenvalue weighted by Gasteiger charge is 2.03. The number of rotatable bonds is 8. The maximum absolute atomic E-state index is 13.6. The van der Waals surface area contributed by atoms with E-state index in [0.717, 1.165) is 10.5 Å². The summed E-state index contributed by atoms with van der Waals surface area (Å²) in [6.45, 7) is 0.154. The Morgan fingerprint density at radius 1 is 1.07 bits per heavy atom. The first-order valence-corrected chi connectivity index (χ1v) is 10.1. The van der Waals surface area contributed by atoms with Gasteiger partial charge in [0.25, 0.3) is 0 Å². The number of nitrogens with one attached hydrogen (secondary N) is 1. The van der Waals surface area contributed by atoms with Crippen LogP contribution in [0.3, 0.4) is 0 Å². The smallest absolute Gasteiger partial charge is 0.250 e. The highest BCUT2D eigenvalue weighted by molar-refractivity contribution is 8.00. The molecule has 0 aliphatic heterocycles. The largest absolute Gasteiger partial charge is 0.489 e. The average Bonchev–Trinajstić information content (AvgIpc) is 2.74. The molecule has 7 heteroatoms. The maximum Gasteiger partial charge on any atom is 0.250 e. The van der Waals surface area contributed by atoms with Crippen molar-refractivity contribution in [3.8, 4) is 5.75 Å². The number of amides is 1. The Morgan fingerprint density at radius 2 is 1.79 bits per heavy atom. The van der Waals surface area contributed by atoms with Gasteiger partial charge in [0, 0.05) is 15.5 Å². The molecule has 3 aromatic rings. The van der Waals surface area contributed by atoms with E-state index in [1.165, 1.54) is 17.8 Å². The zero-order valence-electron chi connectivity index (χ0n) is 15.3.